The molecule has 0 aromatic heterocycles. The number of esters is 1. The van der Waals surface area contributed by atoms with E-state index < -0.39 is 35.9 Å². The van der Waals surface area contributed by atoms with Gasteiger partial charge in [0.1, 0.15) is 6.10 Å². The molecule has 0 aliphatic carbocycles. The van der Waals surface area contributed by atoms with Gasteiger partial charge in [0, 0.05) is 0 Å². The third-order valence-corrected chi connectivity index (χ3v) is 1.77. The Hall–Kier alpha value is -1.67. The molecule has 0 unspecified atom stereocenters. The van der Waals surface area contributed by atoms with E-state index in [2.05, 4.69) is 9.91 Å². The van der Waals surface area contributed by atoms with Gasteiger partial charge in [0.15, 0.2) is 0 Å². The zero-order chi connectivity index (χ0) is 10.9. The van der Waals surface area contributed by atoms with Crippen molar-refractivity contribution in [3.8, 4) is 0 Å². The lowest BCUT2D eigenvalue weighted by molar-refractivity contribution is -0.162. The molecule has 8 heteroatoms. The molecule has 78 valence electrons. The van der Waals surface area contributed by atoms with Gasteiger partial charge in [0.25, 0.3) is 0 Å². The van der Waals surface area contributed by atoms with E-state index in [1.807, 2.05) is 0 Å². The molecule has 2 atom stereocenters. The standard InChI is InChI=1S/C6H7NO7/c8-1-2(9)6(7-13)4(11)3(10)5(12)14-6/h2,8-11H,1H2/t2-,6+/m0/s1. The van der Waals surface area contributed by atoms with E-state index in [0.29, 0.717) is 0 Å². The molecule has 0 aromatic rings. The lowest BCUT2D eigenvalue weighted by atomic mass is 10.1. The van der Waals surface area contributed by atoms with Crippen molar-refractivity contribution >= 4 is 5.97 Å². The summed E-state index contributed by atoms with van der Waals surface area (Å²) in [6.45, 7) is -0.976. The van der Waals surface area contributed by atoms with Crippen LogP contribution in [-0.2, 0) is 9.53 Å². The lowest BCUT2D eigenvalue weighted by Gasteiger charge is -2.23. The summed E-state index contributed by atoms with van der Waals surface area (Å²) in [5.41, 5.74) is -2.64. The van der Waals surface area contributed by atoms with E-state index in [-0.39, 0.29) is 0 Å². The molecule has 0 saturated heterocycles. The second-order valence-electron chi connectivity index (χ2n) is 2.57. The number of cyclic esters (lactones) is 1. The predicted octanol–water partition coefficient (Wildman–Crippen LogP) is -1.31. The van der Waals surface area contributed by atoms with Crippen molar-refractivity contribution in [2.24, 2.45) is 5.18 Å². The van der Waals surface area contributed by atoms with E-state index in [9.17, 15) is 9.70 Å². The number of rotatable bonds is 3. The number of aliphatic hydroxyl groups is 4. The van der Waals surface area contributed by atoms with Crippen molar-refractivity contribution in [1.82, 2.24) is 0 Å². The molecule has 1 aliphatic heterocycles. The Morgan fingerprint density at radius 2 is 2.07 bits per heavy atom. The van der Waals surface area contributed by atoms with Gasteiger partial charge in [0.2, 0.25) is 11.5 Å². The predicted molar refractivity (Wildman–Crippen MR) is 40.0 cm³/mol. The van der Waals surface area contributed by atoms with Crippen molar-refractivity contribution < 1.29 is 30.0 Å². The molecular weight excluding hydrogens is 198 g/mol. The Kier molecular flexibility index (Phi) is 2.41. The number of carbonyl (C=O) groups is 1. The van der Waals surface area contributed by atoms with E-state index in [0.717, 1.165) is 0 Å². The molecule has 0 fully saturated rings. The number of aliphatic hydroxyl groups excluding tert-OH is 4. The highest BCUT2D eigenvalue weighted by Crippen LogP contribution is 2.34. The summed E-state index contributed by atoms with van der Waals surface area (Å²) in [5.74, 6) is -3.81. The Bertz CT molecular complexity index is 311. The van der Waals surface area contributed by atoms with Crippen LogP contribution < -0.4 is 0 Å². The van der Waals surface area contributed by atoms with Crippen molar-refractivity contribution in [2.45, 2.75) is 11.8 Å². The largest absolute Gasteiger partial charge is 0.503 e. The van der Waals surface area contributed by atoms with Crippen molar-refractivity contribution in [3.63, 3.8) is 0 Å². The third-order valence-electron chi connectivity index (χ3n) is 1.77. The van der Waals surface area contributed by atoms with E-state index in [4.69, 9.17) is 20.4 Å². The average Bonchev–Trinajstić information content (AvgIpc) is 2.42. The Morgan fingerprint density at radius 1 is 1.50 bits per heavy atom. The van der Waals surface area contributed by atoms with Gasteiger partial charge in [-0.25, -0.2) is 4.79 Å². The smallest absolute Gasteiger partial charge is 0.380 e. The fourth-order valence-corrected chi connectivity index (χ4v) is 0.977. The normalized spacial score (nSPS) is 28.9. The van der Waals surface area contributed by atoms with Gasteiger partial charge in [-0.15, -0.1) is 4.91 Å². The molecule has 0 bridgehead atoms. The number of hydrogen-bond donors (Lipinski definition) is 4. The first-order valence-corrected chi connectivity index (χ1v) is 3.49. The van der Waals surface area contributed by atoms with Crippen LogP contribution in [0.2, 0.25) is 0 Å². The van der Waals surface area contributed by atoms with Gasteiger partial charge in [-0.3, -0.25) is 0 Å². The van der Waals surface area contributed by atoms with Gasteiger partial charge in [-0.2, -0.15) is 0 Å². The maximum Gasteiger partial charge on any atom is 0.380 e. The van der Waals surface area contributed by atoms with Crippen LogP contribution in [0.3, 0.4) is 0 Å². The van der Waals surface area contributed by atoms with Crippen molar-refractivity contribution in [1.29, 1.82) is 0 Å². The molecule has 0 spiro atoms. The van der Waals surface area contributed by atoms with Gasteiger partial charge in [-0.1, -0.05) is 0 Å². The van der Waals surface area contributed by atoms with E-state index in [1.165, 1.54) is 0 Å². The average molecular weight is 205 g/mol. The maximum atomic E-state index is 10.7. The summed E-state index contributed by atoms with van der Waals surface area (Å²) in [7, 11) is 0. The Morgan fingerprint density at radius 3 is 2.36 bits per heavy atom. The monoisotopic (exact) mass is 205 g/mol. The molecule has 0 saturated carbocycles. The first-order valence-electron chi connectivity index (χ1n) is 3.49. The summed E-state index contributed by atoms with van der Waals surface area (Å²) in [6, 6.07) is 0. The molecule has 1 aliphatic rings. The molecule has 1 rings (SSSR count). The topological polar surface area (TPSA) is 137 Å². The van der Waals surface area contributed by atoms with Crippen LogP contribution in [0.5, 0.6) is 0 Å². The highest BCUT2D eigenvalue weighted by atomic mass is 16.6. The molecule has 0 amide bonds. The van der Waals surface area contributed by atoms with Gasteiger partial charge in [-0.05, 0) is 5.18 Å². The minimum absolute atomic E-state index is 0.976. The minimum atomic E-state index is -2.64. The molecule has 0 radical (unpaired) electrons. The van der Waals surface area contributed by atoms with Gasteiger partial charge in [0.05, 0.1) is 6.61 Å². The quantitative estimate of drug-likeness (QED) is 0.331. The van der Waals surface area contributed by atoms with E-state index in [1.54, 1.807) is 0 Å². The zero-order valence-corrected chi connectivity index (χ0v) is 6.75. The number of ether oxygens (including phenoxy) is 1. The van der Waals surface area contributed by atoms with Crippen LogP contribution in [-0.4, -0.2) is 44.8 Å². The van der Waals surface area contributed by atoms with Crippen LogP contribution >= 0.6 is 0 Å². The van der Waals surface area contributed by atoms with Crippen LogP contribution in [0.1, 0.15) is 0 Å². The first kappa shape index (κ1) is 10.4. The summed E-state index contributed by atoms with van der Waals surface area (Å²) in [6.07, 6.45) is -1.94. The summed E-state index contributed by atoms with van der Waals surface area (Å²) < 4.78 is 4.17. The molecule has 8 nitrogen and oxygen atoms in total. The fourth-order valence-electron chi connectivity index (χ4n) is 0.977. The highest BCUT2D eigenvalue weighted by Gasteiger charge is 2.56. The molecule has 1 heterocycles. The van der Waals surface area contributed by atoms with Crippen LogP contribution in [0.15, 0.2) is 16.7 Å². The number of carbonyl (C=O) groups excluding carboxylic acids is 1. The Balaban J connectivity index is 3.17. The van der Waals surface area contributed by atoms with E-state index >= 15 is 0 Å². The van der Waals surface area contributed by atoms with Crippen molar-refractivity contribution in [3.05, 3.63) is 16.4 Å². The molecular formula is C6H7NO7. The minimum Gasteiger partial charge on any atom is -0.503 e. The Labute approximate surface area is 77.0 Å². The van der Waals surface area contributed by atoms with Crippen LogP contribution in [0.4, 0.5) is 0 Å². The maximum absolute atomic E-state index is 10.7. The summed E-state index contributed by atoms with van der Waals surface area (Å²) in [5, 5.41) is 37.8. The fraction of sp³-hybridized carbons (Fsp3) is 0.500. The number of nitrogens with zero attached hydrogens (tertiary/aromatic N) is 1. The molecule has 4 N–H and O–H groups in total. The first-order chi connectivity index (χ1) is 6.49. The van der Waals surface area contributed by atoms with Crippen LogP contribution in [0, 0.1) is 4.91 Å². The van der Waals surface area contributed by atoms with Crippen molar-refractivity contribution in [2.75, 3.05) is 6.61 Å². The zero-order valence-electron chi connectivity index (χ0n) is 6.75. The molecule has 0 aromatic carbocycles. The highest BCUT2D eigenvalue weighted by molar-refractivity contribution is 5.89. The number of nitroso groups, excluding NO2 is 1. The summed E-state index contributed by atoms with van der Waals surface area (Å²) >= 11 is 0. The second-order valence-corrected chi connectivity index (χ2v) is 2.57. The second kappa shape index (κ2) is 3.24. The van der Waals surface area contributed by atoms with Gasteiger partial charge < -0.3 is 25.2 Å². The lowest BCUT2D eigenvalue weighted by Crippen LogP contribution is -2.44. The SMILES string of the molecule is O=N[C@]1([C@@H](O)CO)OC(=O)C(O)=C1O. The molecule has 14 heavy (non-hydrogen) atoms. The van der Waals surface area contributed by atoms with Crippen LogP contribution in [0.25, 0.3) is 0 Å². The number of hydrogen-bond acceptors (Lipinski definition) is 8. The van der Waals surface area contributed by atoms with Gasteiger partial charge >= 0.3 is 11.7 Å². The summed E-state index contributed by atoms with van der Waals surface area (Å²) in [4.78, 5) is 21.0. The third kappa shape index (κ3) is 1.12.